The molecule has 0 spiro atoms. The monoisotopic (exact) mass is 526 g/mol. The molecule has 0 bridgehead atoms. The van der Waals surface area contributed by atoms with Crippen molar-refractivity contribution in [1.82, 2.24) is 0 Å². The molecule has 0 N–H and O–H groups in total. The summed E-state index contributed by atoms with van der Waals surface area (Å²) in [7, 11) is 3.28. The highest BCUT2D eigenvalue weighted by atomic mass is 16.5. The molecule has 4 heteroatoms. The predicted molar refractivity (Wildman–Crippen MR) is 159 cm³/mol. The molecule has 4 aromatic rings. The fourth-order valence-corrected chi connectivity index (χ4v) is 4.27. The van der Waals surface area contributed by atoms with Gasteiger partial charge in [-0.25, -0.2) is 0 Å². The summed E-state index contributed by atoms with van der Waals surface area (Å²) in [5.41, 5.74) is 13.3. The van der Waals surface area contributed by atoms with Crippen LogP contribution in [0.25, 0.3) is 5.57 Å². The van der Waals surface area contributed by atoms with Gasteiger partial charge in [-0.15, -0.1) is 0 Å². The minimum absolute atomic E-state index is 0.340. The normalized spacial score (nSPS) is 9.78. The molecule has 0 saturated carbocycles. The summed E-state index contributed by atoms with van der Waals surface area (Å²) in [5, 5.41) is 0. The molecule has 0 atom stereocenters. The maximum absolute atomic E-state index is 5.86. The number of hydrogen-bond acceptors (Lipinski definition) is 4. The highest BCUT2D eigenvalue weighted by molar-refractivity contribution is 5.79. The summed E-state index contributed by atoms with van der Waals surface area (Å²) in [6, 6.07) is 35.6. The molecule has 0 aromatic heterocycles. The van der Waals surface area contributed by atoms with E-state index in [-0.39, 0.29) is 5.92 Å². The Hall–Kier alpha value is -5.36. The Labute approximate surface area is 235 Å². The van der Waals surface area contributed by atoms with Crippen LogP contribution in [0.15, 0.2) is 158 Å². The fraction of sp³-hybridized carbons (Fsp3) is 0.0833. The van der Waals surface area contributed by atoms with Crippen molar-refractivity contribution >= 4 is 5.57 Å². The van der Waals surface area contributed by atoms with Crippen LogP contribution in [0.4, 0.5) is 0 Å². The molecule has 0 radical (unpaired) electrons. The van der Waals surface area contributed by atoms with Crippen molar-refractivity contribution in [3.63, 3.8) is 0 Å². The molecule has 40 heavy (non-hydrogen) atoms. The molecule has 4 aromatic carbocycles. The molecule has 0 fully saturated rings. The molecule has 0 aliphatic carbocycles. The summed E-state index contributed by atoms with van der Waals surface area (Å²) >= 11 is 0. The number of para-hydroxylation sites is 2. The minimum atomic E-state index is -0.340. The number of ether oxygens (including phenoxy) is 4. The molecular formula is C36H30O4. The molecule has 4 nitrogen and oxygen atoms in total. The van der Waals surface area contributed by atoms with Gasteiger partial charge in [-0.2, -0.15) is 0 Å². The van der Waals surface area contributed by atoms with E-state index in [1.807, 2.05) is 109 Å². The third kappa shape index (κ3) is 7.14. The molecule has 0 unspecified atom stereocenters. The smallest absolute Gasteiger partial charge is 0.141 e. The first kappa shape index (κ1) is 27.7. The van der Waals surface area contributed by atoms with Crippen LogP contribution < -0.4 is 9.47 Å². The van der Waals surface area contributed by atoms with Crippen LogP contribution >= 0.6 is 0 Å². The van der Waals surface area contributed by atoms with Crippen molar-refractivity contribution in [3.05, 3.63) is 180 Å². The van der Waals surface area contributed by atoms with E-state index in [0.29, 0.717) is 5.76 Å². The minimum Gasteiger partial charge on any atom is -0.496 e. The average molecular weight is 527 g/mol. The van der Waals surface area contributed by atoms with Crippen LogP contribution in [-0.2, 0) is 9.47 Å². The SMILES string of the molecule is C=C(OC=C=C=C=COC=C(c1ccccc1)c1ccccc1)C(c1ccccc1OC)c1ccccc1OC. The van der Waals surface area contributed by atoms with Crippen LogP contribution in [0.3, 0.4) is 0 Å². The Morgan fingerprint density at radius 2 is 1.12 bits per heavy atom. The van der Waals surface area contributed by atoms with E-state index in [0.717, 1.165) is 39.3 Å². The van der Waals surface area contributed by atoms with Gasteiger partial charge in [0.15, 0.2) is 0 Å². The summed E-state index contributed by atoms with van der Waals surface area (Å²) < 4.78 is 22.7. The van der Waals surface area contributed by atoms with E-state index in [4.69, 9.17) is 18.9 Å². The second-order valence-electron chi connectivity index (χ2n) is 8.55. The zero-order valence-corrected chi connectivity index (χ0v) is 22.5. The molecule has 0 amide bonds. The Morgan fingerprint density at radius 3 is 1.65 bits per heavy atom. The molecule has 0 heterocycles. The standard InChI is InChI=1S/C36H30O4/c1-28(36(31-21-11-13-23-34(31)37-2)32-22-12-14-24-35(32)38-3)40-26-16-6-15-25-39-27-33(29-17-7-4-8-18-29)30-19-9-5-10-20-30/h4-5,7-14,17-27,36H,1H2,2-3H3. The lowest BCUT2D eigenvalue weighted by molar-refractivity contribution is 0.323. The van der Waals surface area contributed by atoms with E-state index in [1.54, 1.807) is 20.5 Å². The number of hydrogen-bond donors (Lipinski definition) is 0. The van der Waals surface area contributed by atoms with E-state index in [9.17, 15) is 0 Å². The number of benzene rings is 4. The summed E-state index contributed by atoms with van der Waals surface area (Å²) in [6.45, 7) is 4.19. The third-order valence-electron chi connectivity index (χ3n) is 6.12. The molecule has 0 aliphatic rings. The van der Waals surface area contributed by atoms with Gasteiger partial charge >= 0.3 is 0 Å². The van der Waals surface area contributed by atoms with Crippen LogP contribution in [0.5, 0.6) is 11.5 Å². The van der Waals surface area contributed by atoms with Gasteiger partial charge in [0, 0.05) is 16.7 Å². The zero-order chi connectivity index (χ0) is 28.0. The lowest BCUT2D eigenvalue weighted by atomic mass is 9.88. The quantitative estimate of drug-likeness (QED) is 0.145. The van der Waals surface area contributed by atoms with Gasteiger partial charge < -0.3 is 18.9 Å². The van der Waals surface area contributed by atoms with Crippen LogP contribution in [0.2, 0.25) is 0 Å². The van der Waals surface area contributed by atoms with E-state index >= 15 is 0 Å². The van der Waals surface area contributed by atoms with Crippen molar-refractivity contribution in [2.75, 3.05) is 14.2 Å². The molecule has 0 saturated heterocycles. The lowest BCUT2D eigenvalue weighted by Gasteiger charge is -2.23. The molecule has 4 rings (SSSR count). The predicted octanol–water partition coefficient (Wildman–Crippen LogP) is 8.41. The van der Waals surface area contributed by atoms with Crippen molar-refractivity contribution in [3.8, 4) is 11.5 Å². The van der Waals surface area contributed by atoms with Crippen LogP contribution in [0, 0.1) is 0 Å². The second kappa shape index (κ2) is 14.5. The Bertz CT molecular complexity index is 1490. The maximum Gasteiger partial charge on any atom is 0.141 e. The summed E-state index contributed by atoms with van der Waals surface area (Å²) in [4.78, 5) is 0. The van der Waals surface area contributed by atoms with Gasteiger partial charge in [0.1, 0.15) is 29.8 Å². The van der Waals surface area contributed by atoms with E-state index < -0.39 is 0 Å². The first-order chi connectivity index (χ1) is 19.7. The van der Waals surface area contributed by atoms with Gasteiger partial charge in [-0.3, -0.25) is 0 Å². The lowest BCUT2D eigenvalue weighted by Crippen LogP contribution is -2.08. The number of methoxy groups -OCH3 is 2. The number of rotatable bonds is 11. The zero-order valence-electron chi connectivity index (χ0n) is 22.5. The fourth-order valence-electron chi connectivity index (χ4n) is 4.27. The largest absolute Gasteiger partial charge is 0.496 e. The van der Waals surface area contributed by atoms with E-state index in [2.05, 4.69) is 23.8 Å². The van der Waals surface area contributed by atoms with Gasteiger partial charge in [0.2, 0.25) is 0 Å². The van der Waals surface area contributed by atoms with Crippen LogP contribution in [-0.4, -0.2) is 14.2 Å². The Balaban J connectivity index is 1.53. The Morgan fingerprint density at radius 1 is 0.650 bits per heavy atom. The summed E-state index contributed by atoms with van der Waals surface area (Å²) in [6.07, 6.45) is 4.48. The van der Waals surface area contributed by atoms with Crippen molar-refractivity contribution in [1.29, 1.82) is 0 Å². The van der Waals surface area contributed by atoms with Gasteiger partial charge in [0.05, 0.1) is 26.4 Å². The molecule has 198 valence electrons. The average Bonchev–Trinajstić information content (AvgIpc) is 3.02. The summed E-state index contributed by atoms with van der Waals surface area (Å²) in [5.74, 6) is 1.58. The topological polar surface area (TPSA) is 36.9 Å². The first-order valence-electron chi connectivity index (χ1n) is 12.7. The second-order valence-corrected chi connectivity index (χ2v) is 8.55. The van der Waals surface area contributed by atoms with Gasteiger partial charge in [0.25, 0.3) is 0 Å². The van der Waals surface area contributed by atoms with Crippen molar-refractivity contribution in [2.45, 2.75) is 5.92 Å². The van der Waals surface area contributed by atoms with Crippen molar-refractivity contribution in [2.24, 2.45) is 0 Å². The highest BCUT2D eigenvalue weighted by Crippen LogP contribution is 2.40. The van der Waals surface area contributed by atoms with E-state index in [1.165, 1.54) is 12.5 Å². The van der Waals surface area contributed by atoms with Gasteiger partial charge in [-0.1, -0.05) is 104 Å². The van der Waals surface area contributed by atoms with Crippen LogP contribution in [0.1, 0.15) is 28.2 Å². The Kier molecular flexibility index (Phi) is 10.1. The van der Waals surface area contributed by atoms with Crippen molar-refractivity contribution < 1.29 is 18.9 Å². The molecular weight excluding hydrogens is 496 g/mol. The molecule has 0 aliphatic heterocycles. The van der Waals surface area contributed by atoms with Gasteiger partial charge in [-0.05, 0) is 40.5 Å². The highest BCUT2D eigenvalue weighted by Gasteiger charge is 2.25. The third-order valence-corrected chi connectivity index (χ3v) is 6.12. The maximum atomic E-state index is 5.86. The number of allylic oxidation sites excluding steroid dienone is 1. The first-order valence-corrected chi connectivity index (χ1v) is 12.7.